The Balaban J connectivity index is 1.47. The van der Waals surface area contributed by atoms with E-state index in [1.54, 1.807) is 42.5 Å². The number of hydrogen-bond acceptors (Lipinski definition) is 5. The van der Waals surface area contributed by atoms with E-state index in [0.717, 1.165) is 6.07 Å². The Morgan fingerprint density at radius 2 is 1.86 bits per heavy atom. The number of ketones is 1. The molecule has 0 aliphatic rings. The highest BCUT2D eigenvalue weighted by Gasteiger charge is 2.34. The van der Waals surface area contributed by atoms with Crippen molar-refractivity contribution in [2.75, 3.05) is 6.61 Å². The predicted molar refractivity (Wildman–Crippen MR) is 132 cm³/mol. The van der Waals surface area contributed by atoms with Crippen molar-refractivity contribution in [3.05, 3.63) is 118 Å². The van der Waals surface area contributed by atoms with Crippen molar-refractivity contribution < 1.29 is 23.4 Å². The number of carbonyl (C=O) groups is 1. The van der Waals surface area contributed by atoms with E-state index < -0.39 is 17.2 Å². The maximum absolute atomic E-state index is 14.5. The van der Waals surface area contributed by atoms with Gasteiger partial charge in [-0.1, -0.05) is 47.5 Å². The summed E-state index contributed by atoms with van der Waals surface area (Å²) in [5.41, 5.74) is -0.965. The molecule has 0 spiro atoms. The number of benzene rings is 3. The number of hydrogen-bond donors (Lipinski definition) is 1. The molecule has 4 aromatic rings. The summed E-state index contributed by atoms with van der Waals surface area (Å²) >= 11 is 11.9. The number of aliphatic hydroxyl groups is 1. The molecule has 1 atom stereocenters. The van der Waals surface area contributed by atoms with E-state index in [2.05, 4.69) is 10.1 Å². The molecule has 0 aliphatic carbocycles. The van der Waals surface area contributed by atoms with Gasteiger partial charge in [-0.25, -0.2) is 18.4 Å². The van der Waals surface area contributed by atoms with Gasteiger partial charge >= 0.3 is 0 Å². The molecule has 0 radical (unpaired) electrons. The summed E-state index contributed by atoms with van der Waals surface area (Å²) in [6.07, 6.45) is 5.65. The Bertz CT molecular complexity index is 1400. The van der Waals surface area contributed by atoms with Crippen LogP contribution in [-0.4, -0.2) is 32.3 Å². The lowest BCUT2D eigenvalue weighted by molar-refractivity contribution is -0.0297. The van der Waals surface area contributed by atoms with Crippen LogP contribution >= 0.6 is 23.2 Å². The first-order valence-electron chi connectivity index (χ1n) is 10.6. The van der Waals surface area contributed by atoms with Gasteiger partial charge in [0.15, 0.2) is 5.78 Å². The molecule has 184 valence electrons. The van der Waals surface area contributed by atoms with Crippen LogP contribution in [0.15, 0.2) is 79.4 Å². The Morgan fingerprint density at radius 3 is 2.53 bits per heavy atom. The van der Waals surface area contributed by atoms with Crippen LogP contribution in [0.2, 0.25) is 10.0 Å². The second kappa shape index (κ2) is 11.0. The fourth-order valence-corrected chi connectivity index (χ4v) is 3.99. The van der Waals surface area contributed by atoms with E-state index in [4.69, 9.17) is 27.9 Å². The highest BCUT2D eigenvalue weighted by Crippen LogP contribution is 2.28. The van der Waals surface area contributed by atoms with Gasteiger partial charge in [0.2, 0.25) is 0 Å². The van der Waals surface area contributed by atoms with E-state index in [-0.39, 0.29) is 29.5 Å². The molecule has 10 heteroatoms. The quantitative estimate of drug-likeness (QED) is 0.221. The second-order valence-corrected chi connectivity index (χ2v) is 8.77. The SMILES string of the molecule is O=C(/C=C/c1ccc(OCC(O)(Cn2cncn2)c2ccc(F)cc2F)cc1)c1ccc(Cl)cc1Cl. The van der Waals surface area contributed by atoms with Gasteiger partial charge in [-0.3, -0.25) is 4.79 Å². The number of halogens is 4. The van der Waals surface area contributed by atoms with E-state index >= 15 is 0 Å². The van der Waals surface area contributed by atoms with Crippen LogP contribution in [0, 0.1) is 11.6 Å². The molecule has 0 saturated carbocycles. The molecule has 1 N–H and O–H groups in total. The minimum atomic E-state index is -1.87. The van der Waals surface area contributed by atoms with E-state index in [9.17, 15) is 18.7 Å². The lowest BCUT2D eigenvalue weighted by Crippen LogP contribution is -2.39. The molecule has 0 bridgehead atoms. The standard InChI is InChI=1S/C26H19Cl2F2N3O3/c27-18-4-8-21(23(28)11-18)25(34)10-3-17-1-6-20(7-2-17)36-14-26(35,13-33-16-31-15-32-33)22-9-5-19(29)12-24(22)30/h1-12,15-16,35H,13-14H2/b10-3+. The highest BCUT2D eigenvalue weighted by atomic mass is 35.5. The van der Waals surface area contributed by atoms with Crippen molar-refractivity contribution in [2.24, 2.45) is 0 Å². The van der Waals surface area contributed by atoms with Gasteiger partial charge in [-0.15, -0.1) is 0 Å². The first-order valence-corrected chi connectivity index (χ1v) is 11.4. The first-order chi connectivity index (χ1) is 17.2. The van der Waals surface area contributed by atoms with Gasteiger partial charge in [0.1, 0.15) is 42.2 Å². The molecule has 0 fully saturated rings. The largest absolute Gasteiger partial charge is 0.490 e. The molecule has 0 saturated heterocycles. The number of allylic oxidation sites excluding steroid dienone is 1. The van der Waals surface area contributed by atoms with Crippen molar-refractivity contribution >= 4 is 35.1 Å². The Hall–Kier alpha value is -3.59. The molecular formula is C26H19Cl2F2N3O3. The summed E-state index contributed by atoms with van der Waals surface area (Å²) in [6, 6.07) is 14.2. The number of ether oxygens (including phenoxy) is 1. The minimum absolute atomic E-state index is 0.140. The van der Waals surface area contributed by atoms with Crippen molar-refractivity contribution in [1.29, 1.82) is 0 Å². The van der Waals surface area contributed by atoms with Crippen molar-refractivity contribution in [1.82, 2.24) is 14.8 Å². The zero-order chi connectivity index (χ0) is 25.7. The molecule has 1 heterocycles. The summed E-state index contributed by atoms with van der Waals surface area (Å²) in [5, 5.41) is 15.9. The molecule has 4 rings (SSSR count). The predicted octanol–water partition coefficient (Wildman–Crippen LogP) is 5.73. The van der Waals surface area contributed by atoms with Crippen LogP contribution in [0.5, 0.6) is 5.75 Å². The maximum Gasteiger partial charge on any atom is 0.187 e. The molecule has 1 unspecified atom stereocenters. The van der Waals surface area contributed by atoms with Crippen LogP contribution in [0.25, 0.3) is 6.08 Å². The first kappa shape index (κ1) is 25.5. The van der Waals surface area contributed by atoms with Gasteiger partial charge in [0.25, 0.3) is 0 Å². The minimum Gasteiger partial charge on any atom is -0.490 e. The van der Waals surface area contributed by atoms with Crippen LogP contribution in [-0.2, 0) is 12.1 Å². The normalized spacial score (nSPS) is 13.0. The Kier molecular flexibility index (Phi) is 7.79. The summed E-state index contributed by atoms with van der Waals surface area (Å²) < 4.78 is 35.0. The summed E-state index contributed by atoms with van der Waals surface area (Å²) in [4.78, 5) is 16.2. The van der Waals surface area contributed by atoms with E-state index in [1.165, 1.54) is 35.5 Å². The monoisotopic (exact) mass is 529 g/mol. The highest BCUT2D eigenvalue weighted by molar-refractivity contribution is 6.37. The molecule has 1 aromatic heterocycles. The third-order valence-electron chi connectivity index (χ3n) is 5.30. The smallest absolute Gasteiger partial charge is 0.187 e. The number of carbonyl (C=O) groups excluding carboxylic acids is 1. The number of nitrogens with zero attached hydrogens (tertiary/aromatic N) is 3. The number of aromatic nitrogens is 3. The van der Waals surface area contributed by atoms with Gasteiger partial charge in [0.05, 0.1) is 11.6 Å². The Labute approximate surface area is 215 Å². The second-order valence-electron chi connectivity index (χ2n) is 7.93. The lowest BCUT2D eigenvalue weighted by atomic mass is 9.94. The maximum atomic E-state index is 14.5. The van der Waals surface area contributed by atoms with Crippen LogP contribution in [0.1, 0.15) is 21.5 Å². The van der Waals surface area contributed by atoms with E-state index in [0.29, 0.717) is 28.0 Å². The fraction of sp³-hybridized carbons (Fsp3) is 0.115. The van der Waals surface area contributed by atoms with Crippen molar-refractivity contribution in [3.8, 4) is 5.75 Å². The van der Waals surface area contributed by atoms with Crippen molar-refractivity contribution in [2.45, 2.75) is 12.1 Å². The average Bonchev–Trinajstić information content (AvgIpc) is 3.34. The zero-order valence-electron chi connectivity index (χ0n) is 18.6. The molecule has 0 aliphatic heterocycles. The van der Waals surface area contributed by atoms with Crippen LogP contribution in [0.3, 0.4) is 0 Å². The van der Waals surface area contributed by atoms with Gasteiger partial charge in [0, 0.05) is 22.2 Å². The lowest BCUT2D eigenvalue weighted by Gasteiger charge is -2.29. The molecule has 0 amide bonds. The zero-order valence-corrected chi connectivity index (χ0v) is 20.1. The third kappa shape index (κ3) is 6.15. The molecule has 36 heavy (non-hydrogen) atoms. The van der Waals surface area contributed by atoms with Crippen LogP contribution < -0.4 is 4.74 Å². The fourth-order valence-electron chi connectivity index (χ4n) is 3.49. The van der Waals surface area contributed by atoms with Gasteiger partial charge in [-0.2, -0.15) is 5.10 Å². The van der Waals surface area contributed by atoms with Gasteiger partial charge in [-0.05, 0) is 48.0 Å². The van der Waals surface area contributed by atoms with Gasteiger partial charge < -0.3 is 9.84 Å². The van der Waals surface area contributed by atoms with E-state index in [1.807, 2.05) is 0 Å². The third-order valence-corrected chi connectivity index (χ3v) is 5.85. The number of rotatable bonds is 9. The topological polar surface area (TPSA) is 77.2 Å². The molecular weight excluding hydrogens is 511 g/mol. The molecule has 3 aromatic carbocycles. The van der Waals surface area contributed by atoms with Crippen molar-refractivity contribution in [3.63, 3.8) is 0 Å². The average molecular weight is 530 g/mol. The summed E-state index contributed by atoms with van der Waals surface area (Å²) in [6.45, 7) is -0.524. The molecule has 6 nitrogen and oxygen atoms in total. The summed E-state index contributed by atoms with van der Waals surface area (Å²) in [7, 11) is 0. The summed E-state index contributed by atoms with van der Waals surface area (Å²) in [5.74, 6) is -1.57. The Morgan fingerprint density at radius 1 is 1.08 bits per heavy atom. The van der Waals surface area contributed by atoms with Crippen LogP contribution in [0.4, 0.5) is 8.78 Å².